The van der Waals surface area contributed by atoms with E-state index in [-0.39, 0.29) is 36.8 Å². The van der Waals surface area contributed by atoms with E-state index in [4.69, 9.17) is 0 Å². The number of piperazine rings is 1. The van der Waals surface area contributed by atoms with E-state index in [1.54, 1.807) is 21.9 Å². The van der Waals surface area contributed by atoms with Gasteiger partial charge >= 0.3 is 0 Å². The van der Waals surface area contributed by atoms with Crippen molar-refractivity contribution in [3.8, 4) is 0 Å². The Bertz CT molecular complexity index is 1460. The molecule has 36 heavy (non-hydrogen) atoms. The van der Waals surface area contributed by atoms with E-state index in [1.165, 1.54) is 17.7 Å². The number of hydrogen-bond donors (Lipinski definition) is 1. The Morgan fingerprint density at radius 3 is 2.42 bits per heavy atom. The maximum Gasteiger partial charge on any atom is 0.246 e. The molecule has 2 aliphatic heterocycles. The molecular weight excluding hydrogens is 453 g/mol. The van der Waals surface area contributed by atoms with Gasteiger partial charge in [-0.05, 0) is 46.4 Å². The summed E-state index contributed by atoms with van der Waals surface area (Å²) in [5.41, 5.74) is 6.11. The van der Waals surface area contributed by atoms with Gasteiger partial charge in [0.25, 0.3) is 0 Å². The van der Waals surface area contributed by atoms with Gasteiger partial charge in [-0.15, -0.1) is 0 Å². The largest absolute Gasteiger partial charge is 0.356 e. The molecule has 2 atom stereocenters. The van der Waals surface area contributed by atoms with Crippen LogP contribution in [0, 0.1) is 5.82 Å². The molecule has 2 amide bonds. The van der Waals surface area contributed by atoms with Crippen LogP contribution in [0.2, 0.25) is 0 Å². The topological polar surface area (TPSA) is 56.4 Å². The van der Waals surface area contributed by atoms with Gasteiger partial charge in [0.1, 0.15) is 18.4 Å². The number of halogens is 1. The van der Waals surface area contributed by atoms with Crippen molar-refractivity contribution in [2.45, 2.75) is 44.8 Å². The molecule has 3 aromatic carbocycles. The van der Waals surface area contributed by atoms with E-state index in [0.29, 0.717) is 12.3 Å². The first kappa shape index (κ1) is 22.5. The summed E-state index contributed by atoms with van der Waals surface area (Å²) in [4.78, 5) is 34.4. The van der Waals surface area contributed by atoms with Crippen molar-refractivity contribution in [1.29, 1.82) is 0 Å². The van der Waals surface area contributed by atoms with Gasteiger partial charge in [-0.25, -0.2) is 4.39 Å². The summed E-state index contributed by atoms with van der Waals surface area (Å²) >= 11 is 0. The molecule has 2 aliphatic rings. The second-order valence-corrected chi connectivity index (χ2v) is 10.1. The second-order valence-electron chi connectivity index (χ2n) is 10.1. The molecule has 0 unspecified atom stereocenters. The third-order valence-electron chi connectivity index (χ3n) is 7.55. The number of nitrogens with one attached hydrogen (secondary N) is 1. The highest BCUT2D eigenvalue weighted by Crippen LogP contribution is 2.42. The van der Waals surface area contributed by atoms with Crippen molar-refractivity contribution in [2.75, 3.05) is 6.54 Å². The zero-order valence-electron chi connectivity index (χ0n) is 20.4. The number of H-pyrrole nitrogens is 1. The minimum atomic E-state index is -0.590. The maximum absolute atomic E-state index is 13.8. The van der Waals surface area contributed by atoms with E-state index in [2.05, 4.69) is 49.2 Å². The van der Waals surface area contributed by atoms with Crippen LogP contribution in [0.1, 0.15) is 53.8 Å². The molecule has 0 saturated carbocycles. The maximum atomic E-state index is 13.8. The fraction of sp³-hybridized carbons (Fsp3) is 0.267. The summed E-state index contributed by atoms with van der Waals surface area (Å²) in [6.45, 7) is 4.60. The Labute approximate surface area is 209 Å². The van der Waals surface area contributed by atoms with Gasteiger partial charge in [0.2, 0.25) is 11.8 Å². The lowest BCUT2D eigenvalue weighted by atomic mass is 9.85. The number of nitrogens with zero attached hydrogens (tertiary/aromatic N) is 2. The number of hydrogen-bond acceptors (Lipinski definition) is 2. The van der Waals surface area contributed by atoms with Crippen molar-refractivity contribution in [2.24, 2.45) is 0 Å². The molecule has 0 radical (unpaired) electrons. The van der Waals surface area contributed by atoms with Crippen LogP contribution in [-0.2, 0) is 22.6 Å². The molecule has 3 heterocycles. The first-order valence-corrected chi connectivity index (χ1v) is 12.4. The minimum Gasteiger partial charge on any atom is -0.356 e. The van der Waals surface area contributed by atoms with Crippen LogP contribution in [0.15, 0.2) is 72.8 Å². The van der Waals surface area contributed by atoms with E-state index in [9.17, 15) is 14.0 Å². The Morgan fingerprint density at radius 1 is 0.972 bits per heavy atom. The fourth-order valence-corrected chi connectivity index (χ4v) is 5.68. The predicted molar refractivity (Wildman–Crippen MR) is 137 cm³/mol. The third kappa shape index (κ3) is 3.68. The lowest BCUT2D eigenvalue weighted by Crippen LogP contribution is -2.62. The van der Waals surface area contributed by atoms with Gasteiger partial charge in [-0.2, -0.15) is 0 Å². The molecule has 182 valence electrons. The van der Waals surface area contributed by atoms with Gasteiger partial charge in [-0.1, -0.05) is 68.4 Å². The van der Waals surface area contributed by atoms with Crippen LogP contribution in [0.25, 0.3) is 10.9 Å². The van der Waals surface area contributed by atoms with Crippen molar-refractivity contribution < 1.29 is 14.0 Å². The highest BCUT2D eigenvalue weighted by Gasteiger charge is 2.48. The summed E-state index contributed by atoms with van der Waals surface area (Å²) in [7, 11) is 0. The number of aromatic amines is 1. The number of carbonyl (C=O) groups excluding carboxylic acids is 2. The molecule has 1 saturated heterocycles. The van der Waals surface area contributed by atoms with E-state index < -0.39 is 6.04 Å². The summed E-state index contributed by atoms with van der Waals surface area (Å²) in [6, 6.07) is 21.6. The van der Waals surface area contributed by atoms with Crippen molar-refractivity contribution in [3.63, 3.8) is 0 Å². The molecule has 6 heteroatoms. The van der Waals surface area contributed by atoms with Gasteiger partial charge in [0.05, 0.1) is 6.04 Å². The van der Waals surface area contributed by atoms with E-state index in [1.807, 2.05) is 18.2 Å². The van der Waals surface area contributed by atoms with Crippen LogP contribution in [-0.4, -0.2) is 39.2 Å². The second kappa shape index (κ2) is 8.63. The average molecular weight is 482 g/mol. The molecule has 4 aromatic rings. The number of rotatable bonds is 4. The molecule has 5 nitrogen and oxygen atoms in total. The molecule has 0 bridgehead atoms. The number of amides is 2. The first-order valence-electron chi connectivity index (χ1n) is 12.4. The van der Waals surface area contributed by atoms with Crippen LogP contribution in [0.3, 0.4) is 0 Å². The van der Waals surface area contributed by atoms with Crippen molar-refractivity contribution in [1.82, 2.24) is 14.8 Å². The van der Waals surface area contributed by atoms with Crippen LogP contribution < -0.4 is 0 Å². The van der Waals surface area contributed by atoms with Gasteiger partial charge in [0.15, 0.2) is 0 Å². The van der Waals surface area contributed by atoms with Crippen LogP contribution in [0.5, 0.6) is 0 Å². The number of para-hydroxylation sites is 1. The summed E-state index contributed by atoms with van der Waals surface area (Å²) in [5, 5.41) is 1.09. The predicted octanol–water partition coefficient (Wildman–Crippen LogP) is 5.32. The van der Waals surface area contributed by atoms with Crippen molar-refractivity contribution in [3.05, 3.63) is 107 Å². The molecular formula is C30H28FN3O2. The quantitative estimate of drug-likeness (QED) is 0.429. The number of benzene rings is 3. The highest BCUT2D eigenvalue weighted by molar-refractivity contribution is 5.97. The molecule has 1 fully saturated rings. The average Bonchev–Trinajstić information content (AvgIpc) is 3.25. The smallest absolute Gasteiger partial charge is 0.246 e. The zero-order valence-corrected chi connectivity index (χ0v) is 20.4. The van der Waals surface area contributed by atoms with Crippen LogP contribution >= 0.6 is 0 Å². The van der Waals surface area contributed by atoms with E-state index >= 15 is 0 Å². The molecule has 6 rings (SSSR count). The first-order chi connectivity index (χ1) is 17.4. The van der Waals surface area contributed by atoms with Crippen molar-refractivity contribution >= 4 is 22.7 Å². The van der Waals surface area contributed by atoms with Crippen LogP contribution in [0.4, 0.5) is 4.39 Å². The number of fused-ring (bicyclic) bond motifs is 4. The Hall–Kier alpha value is -3.93. The monoisotopic (exact) mass is 481 g/mol. The Balaban J connectivity index is 1.43. The minimum absolute atomic E-state index is 0.00283. The zero-order chi connectivity index (χ0) is 25.0. The van der Waals surface area contributed by atoms with Gasteiger partial charge in [0, 0.05) is 29.6 Å². The summed E-state index contributed by atoms with van der Waals surface area (Å²) in [6.07, 6.45) is 0.463. The normalized spacial score (nSPS) is 19.7. The van der Waals surface area contributed by atoms with Gasteiger partial charge < -0.3 is 14.8 Å². The molecule has 1 N–H and O–H groups in total. The highest BCUT2D eigenvalue weighted by atomic mass is 19.1. The third-order valence-corrected chi connectivity index (χ3v) is 7.55. The lowest BCUT2D eigenvalue weighted by molar-refractivity contribution is -0.159. The lowest BCUT2D eigenvalue weighted by Gasteiger charge is -2.47. The number of carbonyl (C=O) groups is 2. The van der Waals surface area contributed by atoms with E-state index in [0.717, 1.165) is 33.3 Å². The summed E-state index contributed by atoms with van der Waals surface area (Å²) in [5.74, 6) is -0.0703. The molecule has 0 spiro atoms. The Morgan fingerprint density at radius 2 is 1.69 bits per heavy atom. The fourth-order valence-electron chi connectivity index (χ4n) is 5.68. The summed E-state index contributed by atoms with van der Waals surface area (Å²) < 4.78 is 13.4. The van der Waals surface area contributed by atoms with Gasteiger partial charge in [-0.3, -0.25) is 9.59 Å². The SMILES string of the molecule is CC(C)c1ccc([C@@H]2c3[nH]c4ccccc4c3C[C@H]3C(=O)N(Cc4ccc(F)cc4)CC(=O)N23)cc1. The standard InChI is InChI=1S/C30H28FN3O2/c1-18(2)20-9-11-21(12-10-20)29-28-24(23-5-3-4-6-25(23)32-28)15-26-30(36)33(17-27(35)34(26)29)16-19-7-13-22(31)14-8-19/h3-14,18,26,29,32H,15-17H2,1-2H3/t26-,29+/m0/s1. The molecule has 1 aromatic heterocycles. The molecule has 0 aliphatic carbocycles. The number of aromatic nitrogens is 1. The Kier molecular flexibility index (Phi) is 5.40.